The first-order valence-electron chi connectivity index (χ1n) is 4.86. The predicted molar refractivity (Wildman–Crippen MR) is 60.9 cm³/mol. The van der Waals surface area contributed by atoms with Gasteiger partial charge < -0.3 is 9.47 Å². The minimum absolute atomic E-state index is 0.0574. The van der Waals surface area contributed by atoms with Crippen LogP contribution in [0.25, 0.3) is 0 Å². The average Bonchev–Trinajstić information content (AvgIpc) is 2.17. The highest BCUT2D eigenvalue weighted by Crippen LogP contribution is 2.12. The maximum atomic E-state index is 11.1. The van der Waals surface area contributed by atoms with E-state index in [1.54, 1.807) is 0 Å². The molecule has 1 aliphatic heterocycles. The summed E-state index contributed by atoms with van der Waals surface area (Å²) < 4.78 is 11.0. The third-order valence-corrected chi connectivity index (χ3v) is 2.49. The van der Waals surface area contributed by atoms with E-state index in [1.807, 2.05) is 0 Å². The van der Waals surface area contributed by atoms with Gasteiger partial charge in [0.05, 0.1) is 26.2 Å². The van der Waals surface area contributed by atoms with Gasteiger partial charge in [-0.05, 0) is 0 Å². The number of carbonyl (C=O) groups excluding carboxylic acids is 1. The van der Waals surface area contributed by atoms with Crippen LogP contribution < -0.4 is 0 Å². The van der Waals surface area contributed by atoms with Gasteiger partial charge >= 0.3 is 5.97 Å². The number of esters is 1. The molecule has 0 aromatic heterocycles. The molecule has 0 amide bonds. The summed E-state index contributed by atoms with van der Waals surface area (Å²) in [7, 11) is 1.39. The number of hydrogen-bond donors (Lipinski definition) is 0. The molecule has 0 N–H and O–H groups in total. The predicted octanol–water partition coefficient (Wildman–Crippen LogP) is 1.16. The normalized spacial score (nSPS) is 22.4. The van der Waals surface area contributed by atoms with Gasteiger partial charge in [0.25, 0.3) is 0 Å². The second-order valence-corrected chi connectivity index (χ2v) is 4.65. The zero-order chi connectivity index (χ0) is 11.3. The lowest BCUT2D eigenvalue weighted by molar-refractivity contribution is -0.145. The van der Waals surface area contributed by atoms with Gasteiger partial charge in [0.2, 0.25) is 0 Å². The first-order valence-corrected chi connectivity index (χ1v) is 5.65. The Morgan fingerprint density at radius 2 is 2.47 bits per heavy atom. The minimum atomic E-state index is -0.223. The van der Waals surface area contributed by atoms with Crippen LogP contribution in [0, 0.1) is 0 Å². The number of methoxy groups -OCH3 is 1. The number of carbonyl (C=O) groups is 1. The van der Waals surface area contributed by atoms with Crippen LogP contribution in [0.2, 0.25) is 0 Å². The SMILES string of the molecule is C=C(Br)CN1CCO[C@@H](CC(=O)OC)C1. The molecule has 1 saturated heterocycles. The topological polar surface area (TPSA) is 38.8 Å². The van der Waals surface area contributed by atoms with Crippen molar-refractivity contribution in [3.05, 3.63) is 11.1 Å². The van der Waals surface area contributed by atoms with Crippen LogP contribution >= 0.6 is 15.9 Å². The average molecular weight is 278 g/mol. The second-order valence-electron chi connectivity index (χ2n) is 3.53. The maximum Gasteiger partial charge on any atom is 0.308 e. The van der Waals surface area contributed by atoms with Crippen LogP contribution in [0.5, 0.6) is 0 Å². The van der Waals surface area contributed by atoms with Crippen molar-refractivity contribution in [2.45, 2.75) is 12.5 Å². The Morgan fingerprint density at radius 1 is 1.73 bits per heavy atom. The van der Waals surface area contributed by atoms with Gasteiger partial charge in [-0.15, -0.1) is 0 Å². The quantitative estimate of drug-likeness (QED) is 0.723. The largest absolute Gasteiger partial charge is 0.469 e. The van der Waals surface area contributed by atoms with Crippen molar-refractivity contribution in [2.75, 3.05) is 33.4 Å². The second kappa shape index (κ2) is 6.25. The molecule has 1 rings (SSSR count). The van der Waals surface area contributed by atoms with Crippen LogP contribution in [0.15, 0.2) is 11.1 Å². The molecule has 0 radical (unpaired) electrons. The lowest BCUT2D eigenvalue weighted by Crippen LogP contribution is -2.43. The number of ether oxygens (including phenoxy) is 2. The summed E-state index contributed by atoms with van der Waals surface area (Å²) in [4.78, 5) is 13.3. The molecule has 0 bridgehead atoms. The lowest BCUT2D eigenvalue weighted by Gasteiger charge is -2.32. The smallest absolute Gasteiger partial charge is 0.308 e. The summed E-state index contributed by atoms with van der Waals surface area (Å²) >= 11 is 3.33. The monoisotopic (exact) mass is 277 g/mol. The summed E-state index contributed by atoms with van der Waals surface area (Å²) in [5.74, 6) is -0.223. The zero-order valence-corrected chi connectivity index (χ0v) is 10.5. The van der Waals surface area contributed by atoms with E-state index in [1.165, 1.54) is 7.11 Å². The van der Waals surface area contributed by atoms with Crippen molar-refractivity contribution in [1.82, 2.24) is 4.90 Å². The minimum Gasteiger partial charge on any atom is -0.469 e. The zero-order valence-electron chi connectivity index (χ0n) is 8.87. The van der Waals surface area contributed by atoms with Crippen LogP contribution in [0.1, 0.15) is 6.42 Å². The molecule has 1 fully saturated rings. The van der Waals surface area contributed by atoms with E-state index in [0.717, 1.165) is 24.1 Å². The molecular weight excluding hydrogens is 262 g/mol. The molecule has 0 aliphatic carbocycles. The highest BCUT2D eigenvalue weighted by Gasteiger charge is 2.22. The van der Waals surface area contributed by atoms with E-state index in [4.69, 9.17) is 4.74 Å². The highest BCUT2D eigenvalue weighted by molar-refractivity contribution is 9.11. The molecule has 15 heavy (non-hydrogen) atoms. The number of hydrogen-bond acceptors (Lipinski definition) is 4. The van der Waals surface area contributed by atoms with E-state index in [0.29, 0.717) is 13.0 Å². The number of halogens is 1. The van der Waals surface area contributed by atoms with Crippen molar-refractivity contribution < 1.29 is 14.3 Å². The third-order valence-electron chi connectivity index (χ3n) is 2.24. The number of nitrogens with zero attached hydrogens (tertiary/aromatic N) is 1. The van der Waals surface area contributed by atoms with Gasteiger partial charge in [0.15, 0.2) is 0 Å². The molecule has 1 heterocycles. The molecule has 86 valence electrons. The Bertz CT molecular complexity index is 245. The standard InChI is InChI=1S/C10H16BrNO3/c1-8(11)6-12-3-4-15-9(7-12)5-10(13)14-2/h9H,1,3-7H2,2H3/t9-/m0/s1. The van der Waals surface area contributed by atoms with E-state index in [-0.39, 0.29) is 12.1 Å². The fourth-order valence-corrected chi connectivity index (χ4v) is 1.91. The molecule has 4 nitrogen and oxygen atoms in total. The van der Waals surface area contributed by atoms with Crippen LogP contribution in [0.4, 0.5) is 0 Å². The van der Waals surface area contributed by atoms with Crippen LogP contribution in [-0.2, 0) is 14.3 Å². The third kappa shape index (κ3) is 4.77. The summed E-state index contributed by atoms with van der Waals surface area (Å²) in [5, 5.41) is 0. The molecule has 0 saturated carbocycles. The van der Waals surface area contributed by atoms with Gasteiger partial charge in [-0.2, -0.15) is 0 Å². The van der Waals surface area contributed by atoms with Gasteiger partial charge in [0, 0.05) is 24.1 Å². The first-order chi connectivity index (χ1) is 7.11. The summed E-state index contributed by atoms with van der Waals surface area (Å²) in [6, 6.07) is 0. The van der Waals surface area contributed by atoms with Crippen molar-refractivity contribution in [3.63, 3.8) is 0 Å². The Morgan fingerprint density at radius 3 is 3.07 bits per heavy atom. The molecule has 1 aliphatic rings. The van der Waals surface area contributed by atoms with Gasteiger partial charge in [-0.3, -0.25) is 9.69 Å². The lowest BCUT2D eigenvalue weighted by atomic mass is 10.2. The van der Waals surface area contributed by atoms with Crippen molar-refractivity contribution in [3.8, 4) is 0 Å². The summed E-state index contributed by atoms with van der Waals surface area (Å²) in [5.41, 5.74) is 0. The van der Waals surface area contributed by atoms with Gasteiger partial charge in [0.1, 0.15) is 0 Å². The molecule has 0 spiro atoms. The summed E-state index contributed by atoms with van der Waals surface area (Å²) in [6.07, 6.45) is 0.264. The number of morpholine rings is 1. The molecule has 0 aromatic carbocycles. The first kappa shape index (κ1) is 12.7. The fraction of sp³-hybridized carbons (Fsp3) is 0.700. The van der Waals surface area contributed by atoms with E-state index in [9.17, 15) is 4.79 Å². The van der Waals surface area contributed by atoms with Crippen LogP contribution in [-0.4, -0.2) is 50.3 Å². The van der Waals surface area contributed by atoms with Gasteiger partial charge in [-0.25, -0.2) is 0 Å². The fourth-order valence-electron chi connectivity index (χ4n) is 1.56. The Hall–Kier alpha value is -0.390. The van der Waals surface area contributed by atoms with Crippen molar-refractivity contribution in [1.29, 1.82) is 0 Å². The Labute approximate surface area is 98.3 Å². The Balaban J connectivity index is 2.35. The molecular formula is C10H16BrNO3. The van der Waals surface area contributed by atoms with E-state index >= 15 is 0 Å². The van der Waals surface area contributed by atoms with E-state index in [2.05, 4.69) is 32.1 Å². The summed E-state index contributed by atoms with van der Waals surface area (Å²) in [6.45, 7) is 6.87. The van der Waals surface area contributed by atoms with Crippen LogP contribution in [0.3, 0.4) is 0 Å². The Kier molecular flexibility index (Phi) is 5.28. The molecule has 0 aromatic rings. The van der Waals surface area contributed by atoms with Gasteiger partial charge in [-0.1, -0.05) is 22.5 Å². The van der Waals surface area contributed by atoms with Crippen molar-refractivity contribution >= 4 is 21.9 Å². The molecule has 0 unspecified atom stereocenters. The molecule has 1 atom stereocenters. The van der Waals surface area contributed by atoms with E-state index < -0.39 is 0 Å². The molecule has 5 heteroatoms. The van der Waals surface area contributed by atoms with Crippen molar-refractivity contribution in [2.24, 2.45) is 0 Å². The number of rotatable bonds is 4. The highest BCUT2D eigenvalue weighted by atomic mass is 79.9. The maximum absolute atomic E-state index is 11.1.